The highest BCUT2D eigenvalue weighted by molar-refractivity contribution is 5.92. The number of fused-ring (bicyclic) bond motifs is 1. The lowest BCUT2D eigenvalue weighted by Gasteiger charge is -2.42. The maximum absolute atomic E-state index is 12.1. The first-order chi connectivity index (χ1) is 11.8. The molecule has 2 aliphatic heterocycles. The summed E-state index contributed by atoms with van der Waals surface area (Å²) in [6.45, 7) is 7.14. The van der Waals surface area contributed by atoms with Crippen molar-refractivity contribution in [1.29, 1.82) is 0 Å². The number of rotatable bonds is 5. The van der Waals surface area contributed by atoms with E-state index in [9.17, 15) is 19.2 Å². The Hall–Kier alpha value is -2.42. The van der Waals surface area contributed by atoms with Gasteiger partial charge in [0.1, 0.15) is 18.8 Å². The Kier molecular flexibility index (Phi) is 5.78. The predicted octanol–water partition coefficient (Wildman–Crippen LogP) is 0.561. The minimum absolute atomic E-state index is 0.179. The zero-order valence-corrected chi connectivity index (χ0v) is 14.3. The van der Waals surface area contributed by atoms with Gasteiger partial charge in [-0.05, 0) is 6.42 Å². The van der Waals surface area contributed by atoms with Crippen LogP contribution in [0, 0.1) is 0 Å². The molecule has 0 radical (unpaired) electrons. The molecule has 2 heterocycles. The molecule has 0 aromatic rings. The molecule has 0 N–H and O–H groups in total. The summed E-state index contributed by atoms with van der Waals surface area (Å²) >= 11 is 0. The Labute approximate surface area is 144 Å². The molecule has 0 aromatic heterocycles. The van der Waals surface area contributed by atoms with Gasteiger partial charge in [0.25, 0.3) is 0 Å². The van der Waals surface area contributed by atoms with Gasteiger partial charge in [0, 0.05) is 20.8 Å². The van der Waals surface area contributed by atoms with Gasteiger partial charge in [0.15, 0.2) is 12.2 Å². The number of esters is 2. The van der Waals surface area contributed by atoms with E-state index < -0.39 is 54.4 Å². The molecule has 2 amide bonds. The fraction of sp³-hybridized carbons (Fsp3) is 0.625. The third kappa shape index (κ3) is 3.98. The second-order valence-electron chi connectivity index (χ2n) is 5.84. The second-order valence-corrected chi connectivity index (χ2v) is 5.84. The average molecular weight is 355 g/mol. The summed E-state index contributed by atoms with van der Waals surface area (Å²) in [5, 5.41) is 0. The van der Waals surface area contributed by atoms with Gasteiger partial charge in [0.05, 0.1) is 6.10 Å². The molecule has 2 aliphatic rings. The van der Waals surface area contributed by atoms with E-state index in [-0.39, 0.29) is 6.61 Å². The Bertz CT molecular complexity index is 589. The number of carbonyl (C=O) groups excluding carboxylic acids is 4. The summed E-state index contributed by atoms with van der Waals surface area (Å²) in [4.78, 5) is 47.5. The SMILES string of the molecule is C=CC[C@H]1O[C@H](COC(C)=O)[C@@H](OC(C)=O)[C@@H]2OC(=O)N(C(C)=O)[C@H]21. The Morgan fingerprint density at radius 1 is 1.20 bits per heavy atom. The van der Waals surface area contributed by atoms with Crippen LogP contribution >= 0.6 is 0 Å². The van der Waals surface area contributed by atoms with Crippen molar-refractivity contribution in [3.05, 3.63) is 12.7 Å². The van der Waals surface area contributed by atoms with E-state index in [1.807, 2.05) is 0 Å². The molecule has 25 heavy (non-hydrogen) atoms. The predicted molar refractivity (Wildman–Crippen MR) is 82.2 cm³/mol. The molecule has 9 nitrogen and oxygen atoms in total. The lowest BCUT2D eigenvalue weighted by atomic mass is 9.90. The van der Waals surface area contributed by atoms with E-state index in [2.05, 4.69) is 6.58 Å². The van der Waals surface area contributed by atoms with E-state index in [1.165, 1.54) is 20.8 Å². The Morgan fingerprint density at radius 2 is 1.88 bits per heavy atom. The number of imide groups is 1. The zero-order chi connectivity index (χ0) is 18.7. The van der Waals surface area contributed by atoms with Crippen LogP contribution in [0.4, 0.5) is 4.79 Å². The first-order valence-corrected chi connectivity index (χ1v) is 7.83. The van der Waals surface area contributed by atoms with E-state index in [1.54, 1.807) is 6.08 Å². The number of amides is 2. The topological polar surface area (TPSA) is 108 Å². The normalized spacial score (nSPS) is 30.9. The van der Waals surface area contributed by atoms with Gasteiger partial charge in [0.2, 0.25) is 5.91 Å². The van der Waals surface area contributed by atoms with Gasteiger partial charge < -0.3 is 18.9 Å². The molecule has 2 rings (SSSR count). The molecule has 2 saturated heterocycles. The van der Waals surface area contributed by atoms with Crippen LogP contribution in [0.15, 0.2) is 12.7 Å². The number of hydrogen-bond acceptors (Lipinski definition) is 8. The summed E-state index contributed by atoms with van der Waals surface area (Å²) in [6.07, 6.45) is -2.30. The van der Waals surface area contributed by atoms with Crippen molar-refractivity contribution in [3.63, 3.8) is 0 Å². The van der Waals surface area contributed by atoms with Gasteiger partial charge in [-0.1, -0.05) is 6.08 Å². The number of carbonyl (C=O) groups is 4. The van der Waals surface area contributed by atoms with Crippen molar-refractivity contribution >= 4 is 23.9 Å². The fourth-order valence-electron chi connectivity index (χ4n) is 3.11. The maximum atomic E-state index is 12.1. The molecular weight excluding hydrogens is 334 g/mol. The first-order valence-electron chi connectivity index (χ1n) is 7.83. The van der Waals surface area contributed by atoms with Crippen LogP contribution in [0.2, 0.25) is 0 Å². The highest BCUT2D eigenvalue weighted by Gasteiger charge is 2.58. The molecule has 0 spiro atoms. The number of ether oxygens (including phenoxy) is 4. The van der Waals surface area contributed by atoms with Crippen molar-refractivity contribution in [2.24, 2.45) is 0 Å². The van der Waals surface area contributed by atoms with Crippen LogP contribution in [-0.2, 0) is 33.3 Å². The van der Waals surface area contributed by atoms with E-state index in [0.717, 1.165) is 4.90 Å². The molecule has 9 heteroatoms. The molecule has 0 aromatic carbocycles. The maximum Gasteiger partial charge on any atom is 0.417 e. The quantitative estimate of drug-likeness (QED) is 0.400. The smallest absolute Gasteiger partial charge is 0.417 e. The fourth-order valence-corrected chi connectivity index (χ4v) is 3.11. The molecule has 0 aliphatic carbocycles. The van der Waals surface area contributed by atoms with Crippen LogP contribution in [0.3, 0.4) is 0 Å². The zero-order valence-electron chi connectivity index (χ0n) is 14.3. The van der Waals surface area contributed by atoms with Crippen LogP contribution in [-0.4, -0.2) is 65.9 Å². The summed E-state index contributed by atoms with van der Waals surface area (Å²) < 4.78 is 21.4. The minimum atomic E-state index is -1.00. The highest BCUT2D eigenvalue weighted by Crippen LogP contribution is 2.36. The van der Waals surface area contributed by atoms with Gasteiger partial charge in [-0.25, -0.2) is 9.69 Å². The Balaban J connectivity index is 2.35. The largest absolute Gasteiger partial charge is 0.463 e. The van der Waals surface area contributed by atoms with Crippen LogP contribution < -0.4 is 0 Å². The lowest BCUT2D eigenvalue weighted by Crippen LogP contribution is -2.62. The third-order valence-corrected chi connectivity index (χ3v) is 3.98. The number of nitrogens with zero attached hydrogens (tertiary/aromatic N) is 1. The van der Waals surface area contributed by atoms with Gasteiger partial charge >= 0.3 is 18.0 Å². The van der Waals surface area contributed by atoms with Crippen molar-refractivity contribution in [3.8, 4) is 0 Å². The molecule has 138 valence electrons. The minimum Gasteiger partial charge on any atom is -0.463 e. The highest BCUT2D eigenvalue weighted by atomic mass is 16.6. The lowest BCUT2D eigenvalue weighted by molar-refractivity contribution is -0.208. The second kappa shape index (κ2) is 7.64. The van der Waals surface area contributed by atoms with Crippen LogP contribution in [0.5, 0.6) is 0 Å². The first kappa shape index (κ1) is 18.9. The molecule has 0 unspecified atom stereocenters. The summed E-state index contributed by atoms with van der Waals surface area (Å²) in [5.74, 6) is -1.64. The Morgan fingerprint density at radius 3 is 2.40 bits per heavy atom. The van der Waals surface area contributed by atoms with Crippen LogP contribution in [0.1, 0.15) is 27.2 Å². The standard InChI is InChI=1S/C16H21NO8/c1-5-6-11-13-15(25-16(21)17(13)8(2)18)14(23-10(4)20)12(24-11)7-22-9(3)19/h5,11-15H,1,6-7H2,2-4H3/t11-,12-,13+,14-,15-/m1/s1. The van der Waals surface area contributed by atoms with Crippen molar-refractivity contribution in [2.75, 3.05) is 6.61 Å². The molecule has 5 atom stereocenters. The summed E-state index contributed by atoms with van der Waals surface area (Å²) in [5.41, 5.74) is 0. The summed E-state index contributed by atoms with van der Waals surface area (Å²) in [7, 11) is 0. The molecule has 0 saturated carbocycles. The number of hydrogen-bond donors (Lipinski definition) is 0. The molecule has 0 bridgehead atoms. The van der Waals surface area contributed by atoms with E-state index in [0.29, 0.717) is 6.42 Å². The van der Waals surface area contributed by atoms with Crippen LogP contribution in [0.25, 0.3) is 0 Å². The summed E-state index contributed by atoms with van der Waals surface area (Å²) in [6, 6.07) is -0.763. The molecular formula is C16H21NO8. The van der Waals surface area contributed by atoms with Crippen molar-refractivity contribution < 1.29 is 38.1 Å². The monoisotopic (exact) mass is 355 g/mol. The third-order valence-electron chi connectivity index (χ3n) is 3.98. The average Bonchev–Trinajstić information content (AvgIpc) is 2.85. The molecule has 2 fully saturated rings. The van der Waals surface area contributed by atoms with E-state index in [4.69, 9.17) is 18.9 Å². The van der Waals surface area contributed by atoms with Gasteiger partial charge in [-0.15, -0.1) is 6.58 Å². The van der Waals surface area contributed by atoms with Gasteiger partial charge in [-0.2, -0.15) is 0 Å². The van der Waals surface area contributed by atoms with Crippen molar-refractivity contribution in [2.45, 2.75) is 57.6 Å². The van der Waals surface area contributed by atoms with E-state index >= 15 is 0 Å². The van der Waals surface area contributed by atoms with Gasteiger partial charge in [-0.3, -0.25) is 14.4 Å². The van der Waals surface area contributed by atoms with Crippen molar-refractivity contribution in [1.82, 2.24) is 4.90 Å².